The zero-order valence-corrected chi connectivity index (χ0v) is 12.9. The predicted octanol–water partition coefficient (Wildman–Crippen LogP) is 1.64. The molecule has 0 radical (unpaired) electrons. The Morgan fingerprint density at radius 3 is 2.64 bits per heavy atom. The van der Waals surface area contributed by atoms with Crippen molar-refractivity contribution in [3.63, 3.8) is 0 Å². The van der Waals surface area contributed by atoms with Crippen LogP contribution in [0.15, 0.2) is 0 Å². The molecule has 0 atom stereocenters. The van der Waals surface area contributed by atoms with Gasteiger partial charge < -0.3 is 15.2 Å². The zero-order chi connectivity index (χ0) is 16.5. The third-order valence-corrected chi connectivity index (χ3v) is 4.18. The number of methoxy groups -OCH3 is 1. The van der Waals surface area contributed by atoms with Gasteiger partial charge >= 0.3 is 5.92 Å². The number of rotatable bonds is 6. The van der Waals surface area contributed by atoms with Crippen LogP contribution in [0.5, 0.6) is 0 Å². The van der Waals surface area contributed by atoms with Crippen molar-refractivity contribution >= 4 is 11.6 Å². The van der Waals surface area contributed by atoms with Crippen LogP contribution in [-0.2, 0) is 16.1 Å². The molecule has 0 spiro atoms. The maximum Gasteiger partial charge on any atom is 0.352 e. The van der Waals surface area contributed by atoms with E-state index in [1.54, 1.807) is 25.6 Å². The molecule has 2 N–H and O–H groups in total. The summed E-state index contributed by atoms with van der Waals surface area (Å²) in [5.74, 6) is -5.31. The Bertz CT molecular complexity index is 568. The fourth-order valence-electron chi connectivity index (χ4n) is 2.50. The fourth-order valence-corrected chi connectivity index (χ4v) is 2.50. The molecule has 1 aromatic heterocycles. The SMILES string of the molecule is COCCn1nc(C)c(NC(=O)C(F)(F)C2(O)CCC2)c1C. The van der Waals surface area contributed by atoms with E-state index in [4.69, 9.17) is 4.74 Å². The van der Waals surface area contributed by atoms with Crippen molar-refractivity contribution in [2.75, 3.05) is 19.0 Å². The molecule has 1 saturated carbocycles. The second kappa shape index (κ2) is 5.92. The number of aliphatic hydroxyl groups is 1. The average Bonchev–Trinajstić information content (AvgIpc) is 2.69. The third-order valence-electron chi connectivity index (χ3n) is 4.18. The number of aromatic nitrogens is 2. The number of anilines is 1. The summed E-state index contributed by atoms with van der Waals surface area (Å²) < 4.78 is 34.7. The van der Waals surface area contributed by atoms with Crippen molar-refractivity contribution in [3.8, 4) is 0 Å². The van der Waals surface area contributed by atoms with Gasteiger partial charge in [0.15, 0.2) is 0 Å². The number of carbonyl (C=O) groups excluding carboxylic acids is 1. The first-order chi connectivity index (χ1) is 10.2. The Morgan fingerprint density at radius 2 is 2.14 bits per heavy atom. The number of halogens is 2. The van der Waals surface area contributed by atoms with Gasteiger partial charge in [-0.15, -0.1) is 0 Å². The minimum atomic E-state index is -3.82. The van der Waals surface area contributed by atoms with Gasteiger partial charge in [-0.3, -0.25) is 9.48 Å². The highest BCUT2D eigenvalue weighted by Gasteiger charge is 2.61. The summed E-state index contributed by atoms with van der Waals surface area (Å²) in [6.45, 7) is 4.19. The lowest BCUT2D eigenvalue weighted by Gasteiger charge is -2.41. The van der Waals surface area contributed by atoms with E-state index in [1.807, 2.05) is 0 Å². The van der Waals surface area contributed by atoms with Crippen LogP contribution in [0.3, 0.4) is 0 Å². The van der Waals surface area contributed by atoms with Crippen LogP contribution in [0.25, 0.3) is 0 Å². The van der Waals surface area contributed by atoms with Gasteiger partial charge in [0, 0.05) is 7.11 Å². The molecule has 2 rings (SSSR count). The van der Waals surface area contributed by atoms with Crippen molar-refractivity contribution in [3.05, 3.63) is 11.4 Å². The van der Waals surface area contributed by atoms with Gasteiger partial charge in [-0.25, -0.2) is 0 Å². The van der Waals surface area contributed by atoms with E-state index in [0.29, 0.717) is 31.0 Å². The van der Waals surface area contributed by atoms with Crippen LogP contribution < -0.4 is 5.32 Å². The van der Waals surface area contributed by atoms with Crippen molar-refractivity contribution in [2.24, 2.45) is 0 Å². The van der Waals surface area contributed by atoms with E-state index in [2.05, 4.69) is 10.4 Å². The summed E-state index contributed by atoms with van der Waals surface area (Å²) in [4.78, 5) is 11.9. The molecule has 1 fully saturated rings. The monoisotopic (exact) mass is 317 g/mol. The number of amides is 1. The summed E-state index contributed by atoms with van der Waals surface area (Å²) in [5.41, 5.74) is -0.966. The molecule has 8 heteroatoms. The molecule has 124 valence electrons. The topological polar surface area (TPSA) is 76.4 Å². The summed E-state index contributed by atoms with van der Waals surface area (Å²) in [6.07, 6.45) is 0.351. The molecule has 22 heavy (non-hydrogen) atoms. The minimum Gasteiger partial charge on any atom is -0.383 e. The van der Waals surface area contributed by atoms with Gasteiger partial charge in [0.25, 0.3) is 5.91 Å². The second-order valence-electron chi connectivity index (χ2n) is 5.68. The van der Waals surface area contributed by atoms with Crippen LogP contribution in [0.4, 0.5) is 14.5 Å². The standard InChI is InChI=1S/C14H21F2N3O3/c1-9-11(10(2)19(18-9)7-8-22-3)17-12(20)14(15,16)13(21)5-4-6-13/h21H,4-8H2,1-3H3,(H,17,20). The largest absolute Gasteiger partial charge is 0.383 e. The van der Waals surface area contributed by atoms with E-state index in [1.165, 1.54) is 0 Å². The number of hydrogen-bond acceptors (Lipinski definition) is 4. The maximum atomic E-state index is 14.1. The smallest absolute Gasteiger partial charge is 0.352 e. The Balaban J connectivity index is 2.16. The van der Waals surface area contributed by atoms with Gasteiger partial charge in [-0.05, 0) is 33.1 Å². The molecule has 1 amide bonds. The Kier molecular flexibility index (Phi) is 4.53. The number of ether oxygens (including phenoxy) is 1. The van der Waals surface area contributed by atoms with E-state index in [9.17, 15) is 18.7 Å². The molecule has 0 aromatic carbocycles. The van der Waals surface area contributed by atoms with Crippen LogP contribution in [-0.4, -0.2) is 46.0 Å². The van der Waals surface area contributed by atoms with Crippen LogP contribution in [0.2, 0.25) is 0 Å². The number of nitrogens with one attached hydrogen (secondary N) is 1. The van der Waals surface area contributed by atoms with Crippen molar-refractivity contribution < 1.29 is 23.4 Å². The molecule has 1 heterocycles. The number of hydrogen-bond donors (Lipinski definition) is 2. The molecule has 1 aromatic rings. The molecule has 0 unspecified atom stereocenters. The van der Waals surface area contributed by atoms with Gasteiger partial charge in [-0.2, -0.15) is 13.9 Å². The lowest BCUT2D eigenvalue weighted by molar-refractivity contribution is -0.212. The van der Waals surface area contributed by atoms with Crippen LogP contribution in [0, 0.1) is 13.8 Å². The first kappa shape index (κ1) is 16.8. The molecule has 0 saturated heterocycles. The fraction of sp³-hybridized carbons (Fsp3) is 0.714. The molecule has 6 nitrogen and oxygen atoms in total. The summed E-state index contributed by atoms with van der Waals surface area (Å²) >= 11 is 0. The highest BCUT2D eigenvalue weighted by atomic mass is 19.3. The van der Waals surface area contributed by atoms with Crippen LogP contribution >= 0.6 is 0 Å². The summed E-state index contributed by atoms with van der Waals surface area (Å²) in [5, 5.41) is 16.2. The van der Waals surface area contributed by atoms with Crippen LogP contribution in [0.1, 0.15) is 30.7 Å². The number of carbonyl (C=O) groups is 1. The van der Waals surface area contributed by atoms with Gasteiger partial charge in [0.2, 0.25) is 0 Å². The molecule has 1 aliphatic rings. The highest BCUT2D eigenvalue weighted by molar-refractivity contribution is 5.98. The highest BCUT2D eigenvalue weighted by Crippen LogP contribution is 2.44. The van der Waals surface area contributed by atoms with Crippen molar-refractivity contribution in [1.29, 1.82) is 0 Å². The Morgan fingerprint density at radius 1 is 1.50 bits per heavy atom. The summed E-state index contributed by atoms with van der Waals surface area (Å²) in [6, 6.07) is 0. The lowest BCUT2D eigenvalue weighted by atomic mass is 9.75. The van der Waals surface area contributed by atoms with Gasteiger partial charge in [0.1, 0.15) is 5.60 Å². The Hall–Kier alpha value is -1.54. The Labute approximate surface area is 127 Å². The molecule has 1 aliphatic carbocycles. The third kappa shape index (κ3) is 2.72. The minimum absolute atomic E-state index is 0.0709. The first-order valence-electron chi connectivity index (χ1n) is 7.17. The van der Waals surface area contributed by atoms with E-state index >= 15 is 0 Å². The maximum absolute atomic E-state index is 14.1. The summed E-state index contributed by atoms with van der Waals surface area (Å²) in [7, 11) is 1.55. The second-order valence-corrected chi connectivity index (χ2v) is 5.68. The van der Waals surface area contributed by atoms with Gasteiger partial charge in [0.05, 0.1) is 30.2 Å². The number of aryl methyl sites for hydroxylation is 1. The van der Waals surface area contributed by atoms with E-state index in [0.717, 1.165) is 0 Å². The van der Waals surface area contributed by atoms with E-state index in [-0.39, 0.29) is 18.5 Å². The average molecular weight is 317 g/mol. The number of nitrogens with zero attached hydrogens (tertiary/aromatic N) is 2. The van der Waals surface area contributed by atoms with Gasteiger partial charge in [-0.1, -0.05) is 0 Å². The zero-order valence-electron chi connectivity index (χ0n) is 12.9. The molecular formula is C14H21F2N3O3. The normalized spacial score (nSPS) is 17.2. The number of alkyl halides is 2. The predicted molar refractivity (Wildman–Crippen MR) is 76.0 cm³/mol. The molecular weight excluding hydrogens is 296 g/mol. The lowest BCUT2D eigenvalue weighted by Crippen LogP contribution is -2.59. The van der Waals surface area contributed by atoms with E-state index < -0.39 is 17.4 Å². The quantitative estimate of drug-likeness (QED) is 0.836. The molecule has 0 aliphatic heterocycles. The van der Waals surface area contributed by atoms with Crippen molar-refractivity contribution in [1.82, 2.24) is 9.78 Å². The van der Waals surface area contributed by atoms with Crippen molar-refractivity contribution in [2.45, 2.75) is 51.2 Å². The molecule has 0 bridgehead atoms. The first-order valence-corrected chi connectivity index (χ1v) is 7.17.